The molecule has 0 aliphatic carbocycles. The highest BCUT2D eigenvalue weighted by molar-refractivity contribution is 7.92. The van der Waals surface area contributed by atoms with Crippen molar-refractivity contribution in [1.82, 2.24) is 0 Å². The molecule has 1 aliphatic rings. The Morgan fingerprint density at radius 2 is 2.04 bits per heavy atom. The topological polar surface area (TPSA) is 88.4 Å². The van der Waals surface area contributed by atoms with Crippen LogP contribution in [-0.4, -0.2) is 21.1 Å². The summed E-state index contributed by atoms with van der Waals surface area (Å²) in [5.74, 6) is 1.13. The predicted octanol–water partition coefficient (Wildman–Crippen LogP) is 3.08. The van der Waals surface area contributed by atoms with E-state index in [2.05, 4.69) is 4.72 Å². The number of rotatable bonds is 5. The number of hydrogen-bond donors (Lipinski definition) is 1. The second kappa shape index (κ2) is 6.65. The van der Waals surface area contributed by atoms with Gasteiger partial charge in [-0.3, -0.25) is 4.72 Å². The lowest BCUT2D eigenvalue weighted by Crippen LogP contribution is -2.14. The Bertz CT molecular complexity index is 931. The van der Waals surface area contributed by atoms with Crippen molar-refractivity contribution in [3.63, 3.8) is 0 Å². The number of benzene rings is 2. The molecular formula is C18H18N2O4S. The van der Waals surface area contributed by atoms with Gasteiger partial charge in [-0.1, -0.05) is 0 Å². The van der Waals surface area contributed by atoms with Crippen LogP contribution in [0.3, 0.4) is 0 Å². The first kappa shape index (κ1) is 17.1. The molecule has 1 unspecified atom stereocenters. The Labute approximate surface area is 147 Å². The largest absolute Gasteiger partial charge is 0.492 e. The van der Waals surface area contributed by atoms with E-state index in [1.54, 1.807) is 6.07 Å². The van der Waals surface area contributed by atoms with E-state index in [1.807, 2.05) is 26.0 Å². The van der Waals surface area contributed by atoms with Crippen molar-refractivity contribution in [1.29, 1.82) is 5.26 Å². The average molecular weight is 358 g/mol. The highest BCUT2D eigenvalue weighted by Crippen LogP contribution is 2.38. The standard InChI is InChI=1S/C18H18N2O4S/c1-3-23-18-9-14-8-12(2)24-17(14)10-16(18)20-25(21,22)15-6-4-13(11-19)5-7-15/h4-7,9-10,12,20H,3,8H2,1-2H3. The number of nitrogens with zero attached hydrogens (tertiary/aromatic N) is 1. The Hall–Kier alpha value is -2.72. The van der Waals surface area contributed by atoms with Gasteiger partial charge in [0.15, 0.2) is 0 Å². The lowest BCUT2D eigenvalue weighted by molar-refractivity contribution is 0.254. The van der Waals surface area contributed by atoms with Gasteiger partial charge in [0, 0.05) is 18.1 Å². The lowest BCUT2D eigenvalue weighted by atomic mass is 10.1. The van der Waals surface area contributed by atoms with E-state index in [0.29, 0.717) is 29.4 Å². The molecule has 1 heterocycles. The molecule has 1 atom stereocenters. The van der Waals surface area contributed by atoms with Gasteiger partial charge >= 0.3 is 0 Å². The minimum absolute atomic E-state index is 0.0508. The van der Waals surface area contributed by atoms with Crippen LogP contribution in [0.2, 0.25) is 0 Å². The first-order valence-corrected chi connectivity index (χ1v) is 9.40. The average Bonchev–Trinajstić information content (AvgIpc) is 2.94. The maximum atomic E-state index is 12.6. The van der Waals surface area contributed by atoms with Gasteiger partial charge in [0.2, 0.25) is 0 Å². The summed E-state index contributed by atoms with van der Waals surface area (Å²) >= 11 is 0. The van der Waals surface area contributed by atoms with Gasteiger partial charge in [0.25, 0.3) is 10.0 Å². The van der Waals surface area contributed by atoms with Gasteiger partial charge in [0.05, 0.1) is 28.8 Å². The third-order valence-corrected chi connectivity index (χ3v) is 5.22. The molecule has 130 valence electrons. The second-order valence-electron chi connectivity index (χ2n) is 5.76. The zero-order valence-corrected chi connectivity index (χ0v) is 14.8. The number of ether oxygens (including phenoxy) is 2. The van der Waals surface area contributed by atoms with Crippen LogP contribution in [0, 0.1) is 11.3 Å². The van der Waals surface area contributed by atoms with E-state index in [0.717, 1.165) is 12.0 Å². The number of nitrogens with one attached hydrogen (secondary N) is 1. The highest BCUT2D eigenvalue weighted by Gasteiger charge is 2.24. The van der Waals surface area contributed by atoms with Gasteiger partial charge in [-0.15, -0.1) is 0 Å². The molecule has 3 rings (SSSR count). The molecular weight excluding hydrogens is 340 g/mol. The van der Waals surface area contributed by atoms with Crippen LogP contribution in [0.5, 0.6) is 11.5 Å². The van der Waals surface area contributed by atoms with Gasteiger partial charge < -0.3 is 9.47 Å². The van der Waals surface area contributed by atoms with E-state index in [9.17, 15) is 8.42 Å². The molecule has 0 fully saturated rings. The maximum absolute atomic E-state index is 12.6. The van der Waals surface area contributed by atoms with E-state index in [1.165, 1.54) is 24.3 Å². The Morgan fingerprint density at radius 3 is 2.68 bits per heavy atom. The molecule has 0 saturated carbocycles. The summed E-state index contributed by atoms with van der Waals surface area (Å²) in [6, 6.07) is 11.2. The molecule has 0 radical (unpaired) electrons. The minimum atomic E-state index is -3.81. The van der Waals surface area contributed by atoms with Crippen LogP contribution in [0.25, 0.3) is 0 Å². The zero-order chi connectivity index (χ0) is 18.0. The van der Waals surface area contributed by atoms with Gasteiger partial charge in [-0.05, 0) is 44.2 Å². The summed E-state index contributed by atoms with van der Waals surface area (Å²) in [6.07, 6.45) is 0.813. The molecule has 7 heteroatoms. The molecule has 2 aromatic carbocycles. The first-order chi connectivity index (χ1) is 11.9. The van der Waals surface area contributed by atoms with Crippen molar-refractivity contribution in [3.8, 4) is 17.6 Å². The minimum Gasteiger partial charge on any atom is -0.492 e. The van der Waals surface area contributed by atoms with Gasteiger partial charge in [-0.2, -0.15) is 5.26 Å². The quantitative estimate of drug-likeness (QED) is 0.887. The van der Waals surface area contributed by atoms with Crippen molar-refractivity contribution in [3.05, 3.63) is 47.5 Å². The summed E-state index contributed by atoms with van der Waals surface area (Å²) in [6.45, 7) is 4.22. The molecule has 0 aromatic heterocycles. The molecule has 6 nitrogen and oxygen atoms in total. The molecule has 2 aromatic rings. The Morgan fingerprint density at radius 1 is 1.32 bits per heavy atom. The fraction of sp³-hybridized carbons (Fsp3) is 0.278. The SMILES string of the molecule is CCOc1cc2c(cc1NS(=O)(=O)c1ccc(C#N)cc1)OC(C)C2. The molecule has 0 saturated heterocycles. The van der Waals surface area contributed by atoms with E-state index < -0.39 is 10.0 Å². The van der Waals surface area contributed by atoms with Crippen molar-refractivity contribution in [2.45, 2.75) is 31.3 Å². The Kier molecular flexibility index (Phi) is 4.55. The molecule has 0 bridgehead atoms. The van der Waals surface area contributed by atoms with Crippen molar-refractivity contribution >= 4 is 15.7 Å². The smallest absolute Gasteiger partial charge is 0.262 e. The van der Waals surface area contributed by atoms with Crippen LogP contribution >= 0.6 is 0 Å². The van der Waals surface area contributed by atoms with Crippen molar-refractivity contribution in [2.75, 3.05) is 11.3 Å². The fourth-order valence-corrected chi connectivity index (χ4v) is 3.77. The van der Waals surface area contributed by atoms with Crippen LogP contribution < -0.4 is 14.2 Å². The fourth-order valence-electron chi connectivity index (χ4n) is 2.71. The number of hydrogen-bond acceptors (Lipinski definition) is 5. The van der Waals surface area contributed by atoms with E-state index >= 15 is 0 Å². The lowest BCUT2D eigenvalue weighted by Gasteiger charge is -2.14. The number of sulfonamides is 1. The summed E-state index contributed by atoms with van der Waals surface area (Å²) in [5, 5.41) is 8.83. The van der Waals surface area contributed by atoms with Crippen LogP contribution in [-0.2, 0) is 16.4 Å². The van der Waals surface area contributed by atoms with Gasteiger partial charge in [-0.25, -0.2) is 8.42 Å². The summed E-state index contributed by atoms with van der Waals surface area (Å²) < 4.78 is 39.1. The summed E-state index contributed by atoms with van der Waals surface area (Å²) in [4.78, 5) is 0.0729. The van der Waals surface area contributed by atoms with Crippen LogP contribution in [0.4, 0.5) is 5.69 Å². The maximum Gasteiger partial charge on any atom is 0.262 e. The van der Waals surface area contributed by atoms with E-state index in [4.69, 9.17) is 14.7 Å². The molecule has 1 aliphatic heterocycles. The van der Waals surface area contributed by atoms with Crippen molar-refractivity contribution < 1.29 is 17.9 Å². The number of anilines is 1. The third kappa shape index (κ3) is 3.54. The summed E-state index contributed by atoms with van der Waals surface area (Å²) in [7, 11) is -3.81. The molecule has 0 spiro atoms. The van der Waals surface area contributed by atoms with E-state index in [-0.39, 0.29) is 11.0 Å². The van der Waals surface area contributed by atoms with Crippen LogP contribution in [0.1, 0.15) is 25.0 Å². The number of fused-ring (bicyclic) bond motifs is 1. The second-order valence-corrected chi connectivity index (χ2v) is 7.45. The normalized spacial score (nSPS) is 15.8. The zero-order valence-electron chi connectivity index (χ0n) is 13.9. The van der Waals surface area contributed by atoms with Crippen LogP contribution in [0.15, 0.2) is 41.3 Å². The molecule has 1 N–H and O–H groups in total. The highest BCUT2D eigenvalue weighted by atomic mass is 32.2. The monoisotopic (exact) mass is 358 g/mol. The Balaban J connectivity index is 1.95. The summed E-state index contributed by atoms with van der Waals surface area (Å²) in [5.41, 5.74) is 1.73. The predicted molar refractivity (Wildman–Crippen MR) is 93.4 cm³/mol. The van der Waals surface area contributed by atoms with Crippen molar-refractivity contribution in [2.24, 2.45) is 0 Å². The molecule has 25 heavy (non-hydrogen) atoms. The van der Waals surface area contributed by atoms with Gasteiger partial charge in [0.1, 0.15) is 17.6 Å². The number of nitriles is 1. The first-order valence-electron chi connectivity index (χ1n) is 7.92. The third-order valence-electron chi connectivity index (χ3n) is 3.84. The molecule has 0 amide bonds.